The minimum Gasteiger partial charge on any atom is -0.478 e. The molecule has 0 saturated heterocycles. The van der Waals surface area contributed by atoms with Crippen molar-refractivity contribution in [3.05, 3.63) is 23.1 Å². The highest BCUT2D eigenvalue weighted by molar-refractivity contribution is 8.01. The lowest BCUT2D eigenvalue weighted by Crippen LogP contribution is -1.95. The van der Waals surface area contributed by atoms with E-state index in [4.69, 9.17) is 5.11 Å². The Morgan fingerprint density at radius 1 is 1.70 bits per heavy atom. The van der Waals surface area contributed by atoms with Crippen molar-refractivity contribution >= 4 is 24.1 Å². The maximum atomic E-state index is 10.3. The van der Waals surface area contributed by atoms with Gasteiger partial charge in [-0.2, -0.15) is 0 Å². The van der Waals surface area contributed by atoms with E-state index in [1.807, 2.05) is 0 Å². The molecule has 0 saturated carbocycles. The van der Waals surface area contributed by atoms with Crippen LogP contribution in [0.15, 0.2) is 27.5 Å². The first kappa shape index (κ1) is 7.08. The average molecular weight is 155 g/mol. The number of carboxylic acid groups (broad SMARTS) is 1. The summed E-state index contributed by atoms with van der Waals surface area (Å²) >= 11 is 1.12. The molecule has 0 aromatic heterocycles. The third-order valence-corrected chi connectivity index (χ3v) is 1.51. The van der Waals surface area contributed by atoms with Gasteiger partial charge in [-0.25, -0.2) is 9.19 Å². The first-order valence-corrected chi connectivity index (χ1v) is 3.43. The summed E-state index contributed by atoms with van der Waals surface area (Å²) in [7, 11) is 0. The molecule has 0 fully saturated rings. The predicted octanol–water partition coefficient (Wildman–Crippen LogP) is 1.24. The SMILES string of the molecule is O=C(O)C1=CSN=CC=C1. The maximum absolute atomic E-state index is 10.3. The summed E-state index contributed by atoms with van der Waals surface area (Å²) < 4.78 is 3.77. The van der Waals surface area contributed by atoms with E-state index in [2.05, 4.69) is 4.40 Å². The number of carboxylic acids is 1. The summed E-state index contributed by atoms with van der Waals surface area (Å²) in [6, 6.07) is 0. The number of nitrogens with zero attached hydrogens (tertiary/aromatic N) is 1. The van der Waals surface area contributed by atoms with Gasteiger partial charge in [0.2, 0.25) is 0 Å². The second kappa shape index (κ2) is 3.22. The Balaban J connectivity index is 2.78. The number of hydrogen-bond donors (Lipinski definition) is 1. The third kappa shape index (κ3) is 1.73. The van der Waals surface area contributed by atoms with Crippen LogP contribution in [0.1, 0.15) is 0 Å². The second-order valence-electron chi connectivity index (χ2n) is 1.60. The van der Waals surface area contributed by atoms with E-state index in [9.17, 15) is 4.79 Å². The van der Waals surface area contributed by atoms with Gasteiger partial charge < -0.3 is 5.11 Å². The van der Waals surface area contributed by atoms with Crippen molar-refractivity contribution in [2.75, 3.05) is 0 Å². The summed E-state index contributed by atoms with van der Waals surface area (Å²) in [4.78, 5) is 10.3. The standard InChI is InChI=1S/C6H5NO2S/c8-6(9)5-2-1-3-7-10-4-5/h1-4H,(H,8,9). The summed E-state index contributed by atoms with van der Waals surface area (Å²) in [6.45, 7) is 0. The molecule has 0 aromatic rings. The smallest absolute Gasteiger partial charge is 0.336 e. The molecule has 1 rings (SSSR count). The van der Waals surface area contributed by atoms with E-state index in [-0.39, 0.29) is 5.57 Å². The van der Waals surface area contributed by atoms with Gasteiger partial charge in [0.05, 0.1) is 5.57 Å². The van der Waals surface area contributed by atoms with Crippen molar-refractivity contribution in [3.63, 3.8) is 0 Å². The van der Waals surface area contributed by atoms with Gasteiger partial charge in [0.25, 0.3) is 0 Å². The molecule has 52 valence electrons. The first-order valence-electron chi connectivity index (χ1n) is 2.60. The second-order valence-corrected chi connectivity index (χ2v) is 2.25. The topological polar surface area (TPSA) is 49.7 Å². The molecule has 0 bridgehead atoms. The van der Waals surface area contributed by atoms with Crippen LogP contribution in [0.4, 0.5) is 0 Å². The summed E-state index contributed by atoms with van der Waals surface area (Å²) in [5.41, 5.74) is 0.266. The average Bonchev–Trinajstić information content (AvgIpc) is 2.12. The Morgan fingerprint density at radius 2 is 2.50 bits per heavy atom. The molecule has 0 aliphatic carbocycles. The van der Waals surface area contributed by atoms with Gasteiger partial charge in [-0.05, 0) is 12.2 Å². The van der Waals surface area contributed by atoms with Crippen LogP contribution in [-0.2, 0) is 4.79 Å². The molecule has 0 atom stereocenters. The molecule has 10 heavy (non-hydrogen) atoms. The quantitative estimate of drug-likeness (QED) is 0.579. The minimum atomic E-state index is -0.922. The third-order valence-electron chi connectivity index (χ3n) is 0.910. The molecular formula is C6H5NO2S. The monoisotopic (exact) mass is 155 g/mol. The normalized spacial score (nSPS) is 16.2. The van der Waals surface area contributed by atoms with Gasteiger partial charge in [0.15, 0.2) is 0 Å². The molecular weight excluding hydrogens is 150 g/mol. The van der Waals surface area contributed by atoms with Crippen molar-refractivity contribution < 1.29 is 9.90 Å². The molecule has 0 amide bonds. The van der Waals surface area contributed by atoms with Gasteiger partial charge in [0, 0.05) is 23.6 Å². The van der Waals surface area contributed by atoms with Crippen LogP contribution in [0, 0.1) is 0 Å². The molecule has 1 heterocycles. The van der Waals surface area contributed by atoms with Crippen LogP contribution in [-0.4, -0.2) is 17.3 Å². The summed E-state index contributed by atoms with van der Waals surface area (Å²) in [5.74, 6) is -0.922. The van der Waals surface area contributed by atoms with Crippen LogP contribution in [0.2, 0.25) is 0 Å². The Morgan fingerprint density at radius 3 is 3.20 bits per heavy atom. The number of allylic oxidation sites excluding steroid dienone is 1. The van der Waals surface area contributed by atoms with Gasteiger partial charge in [0.1, 0.15) is 0 Å². The molecule has 0 spiro atoms. The number of rotatable bonds is 1. The molecule has 0 unspecified atom stereocenters. The maximum Gasteiger partial charge on any atom is 0.336 e. The number of carbonyl (C=O) groups is 1. The summed E-state index contributed by atoms with van der Waals surface area (Å²) in [5, 5.41) is 9.96. The van der Waals surface area contributed by atoms with Crippen LogP contribution in [0.3, 0.4) is 0 Å². The lowest BCUT2D eigenvalue weighted by Gasteiger charge is -1.87. The van der Waals surface area contributed by atoms with E-state index in [0.29, 0.717) is 0 Å². The Kier molecular flexibility index (Phi) is 2.28. The van der Waals surface area contributed by atoms with Gasteiger partial charge >= 0.3 is 5.97 Å². The molecule has 3 nitrogen and oxygen atoms in total. The Labute approximate surface area is 62.3 Å². The molecule has 1 aliphatic heterocycles. The van der Waals surface area contributed by atoms with E-state index in [1.165, 1.54) is 11.5 Å². The van der Waals surface area contributed by atoms with E-state index < -0.39 is 5.97 Å². The predicted molar refractivity (Wildman–Crippen MR) is 40.9 cm³/mol. The minimum absolute atomic E-state index is 0.266. The molecule has 4 heteroatoms. The highest BCUT2D eigenvalue weighted by atomic mass is 32.2. The fourth-order valence-corrected chi connectivity index (χ4v) is 0.960. The van der Waals surface area contributed by atoms with Crippen LogP contribution >= 0.6 is 11.9 Å². The zero-order valence-corrected chi connectivity index (χ0v) is 5.84. The number of hydrogen-bond acceptors (Lipinski definition) is 3. The largest absolute Gasteiger partial charge is 0.478 e. The van der Waals surface area contributed by atoms with Crippen molar-refractivity contribution in [3.8, 4) is 0 Å². The van der Waals surface area contributed by atoms with Crippen LogP contribution in [0.25, 0.3) is 0 Å². The van der Waals surface area contributed by atoms with E-state index >= 15 is 0 Å². The van der Waals surface area contributed by atoms with Gasteiger partial charge in [-0.15, -0.1) is 0 Å². The van der Waals surface area contributed by atoms with Gasteiger partial charge in [-0.3, -0.25) is 0 Å². The van der Waals surface area contributed by atoms with Crippen LogP contribution < -0.4 is 0 Å². The molecule has 1 N–H and O–H groups in total. The lowest BCUT2D eigenvalue weighted by molar-refractivity contribution is -0.132. The molecule has 0 aromatic carbocycles. The zero-order valence-electron chi connectivity index (χ0n) is 5.02. The van der Waals surface area contributed by atoms with Crippen molar-refractivity contribution in [2.24, 2.45) is 4.40 Å². The fourth-order valence-electron chi connectivity index (χ4n) is 0.465. The first-order chi connectivity index (χ1) is 4.80. The Hall–Kier alpha value is -1.03. The van der Waals surface area contributed by atoms with Crippen molar-refractivity contribution in [2.45, 2.75) is 0 Å². The highest BCUT2D eigenvalue weighted by Crippen LogP contribution is 2.11. The highest BCUT2D eigenvalue weighted by Gasteiger charge is 2.02. The van der Waals surface area contributed by atoms with Gasteiger partial charge in [-0.1, -0.05) is 0 Å². The van der Waals surface area contributed by atoms with Crippen molar-refractivity contribution in [1.82, 2.24) is 0 Å². The van der Waals surface area contributed by atoms with E-state index in [1.54, 1.807) is 12.3 Å². The Bertz CT molecular complexity index is 230. The molecule has 0 radical (unpaired) electrons. The zero-order chi connectivity index (χ0) is 7.40. The number of aliphatic carboxylic acids is 1. The van der Waals surface area contributed by atoms with Crippen LogP contribution in [0.5, 0.6) is 0 Å². The molecule has 1 aliphatic rings. The summed E-state index contributed by atoms with van der Waals surface area (Å²) in [6.07, 6.45) is 4.66. The van der Waals surface area contributed by atoms with E-state index in [0.717, 1.165) is 11.9 Å². The fraction of sp³-hybridized carbons (Fsp3) is 0. The van der Waals surface area contributed by atoms with Crippen molar-refractivity contribution in [1.29, 1.82) is 0 Å². The lowest BCUT2D eigenvalue weighted by atomic mass is 10.3.